The maximum Gasteiger partial charge on any atom is 0.339 e. The summed E-state index contributed by atoms with van der Waals surface area (Å²) in [6.45, 7) is 1.25. The van der Waals surface area contributed by atoms with Gasteiger partial charge in [-0.25, -0.2) is 4.79 Å². The monoisotopic (exact) mass is 354 g/mol. The fourth-order valence-corrected chi connectivity index (χ4v) is 2.67. The second-order valence-corrected chi connectivity index (χ2v) is 5.65. The number of aromatic hydroxyl groups is 1. The van der Waals surface area contributed by atoms with E-state index in [1.54, 1.807) is 12.1 Å². The third-order valence-corrected chi connectivity index (χ3v) is 3.52. The lowest BCUT2D eigenvalue weighted by Crippen LogP contribution is -2.05. The minimum Gasteiger partial charge on any atom is -0.507 e. The zero-order valence-corrected chi connectivity index (χ0v) is 13.5. The quantitative estimate of drug-likeness (QED) is 0.642. The van der Waals surface area contributed by atoms with Gasteiger partial charge in [0.2, 0.25) is 0 Å². The predicted molar refractivity (Wildman–Crippen MR) is 85.6 cm³/mol. The second-order valence-electron chi connectivity index (χ2n) is 4.80. The molecule has 2 rings (SSSR count). The summed E-state index contributed by atoms with van der Waals surface area (Å²) in [5.74, 6) is -1.91. The maximum absolute atomic E-state index is 11.2. The summed E-state index contributed by atoms with van der Waals surface area (Å²) in [4.78, 5) is 22.1. The van der Waals surface area contributed by atoms with E-state index in [1.165, 1.54) is 25.1 Å². The first-order valence-corrected chi connectivity index (χ1v) is 7.25. The largest absolute Gasteiger partial charge is 0.507 e. The van der Waals surface area contributed by atoms with Gasteiger partial charge < -0.3 is 14.9 Å². The van der Waals surface area contributed by atoms with E-state index in [-0.39, 0.29) is 28.5 Å². The molecule has 5 nitrogen and oxygen atoms in total. The zero-order chi connectivity index (χ0) is 17.1. The SMILES string of the molecule is CC(=O)Oc1c(Cl)cc(Cl)cc1Cc1ccc(C(=O)O)c(O)c1. The number of rotatable bonds is 4. The minimum atomic E-state index is -1.22. The van der Waals surface area contributed by atoms with Crippen LogP contribution in [0.15, 0.2) is 30.3 Å². The fraction of sp³-hybridized carbons (Fsp3) is 0.125. The number of benzene rings is 2. The van der Waals surface area contributed by atoms with Gasteiger partial charge in [0.1, 0.15) is 11.3 Å². The number of aromatic carboxylic acids is 1. The molecular formula is C16H12Cl2O5. The van der Waals surface area contributed by atoms with E-state index in [1.807, 2.05) is 0 Å². The van der Waals surface area contributed by atoms with Crippen LogP contribution in [0.2, 0.25) is 10.0 Å². The van der Waals surface area contributed by atoms with Crippen LogP contribution in [0.4, 0.5) is 0 Å². The Labute approximate surface area is 142 Å². The first kappa shape index (κ1) is 17.1. The summed E-state index contributed by atoms with van der Waals surface area (Å²) >= 11 is 12.0. The van der Waals surface area contributed by atoms with Crippen molar-refractivity contribution in [2.75, 3.05) is 0 Å². The molecule has 0 aromatic heterocycles. The van der Waals surface area contributed by atoms with Crippen molar-refractivity contribution >= 4 is 35.1 Å². The molecule has 2 aromatic carbocycles. The number of hydrogen-bond acceptors (Lipinski definition) is 4. The molecule has 0 spiro atoms. The maximum atomic E-state index is 11.2. The van der Waals surface area contributed by atoms with Gasteiger partial charge in [-0.1, -0.05) is 29.3 Å². The summed E-state index contributed by atoms with van der Waals surface area (Å²) in [6.07, 6.45) is 0.246. The third-order valence-electron chi connectivity index (χ3n) is 3.02. The Kier molecular flexibility index (Phi) is 5.13. The molecule has 0 radical (unpaired) electrons. The fourth-order valence-electron chi connectivity index (χ4n) is 2.09. The highest BCUT2D eigenvalue weighted by atomic mass is 35.5. The first-order chi connectivity index (χ1) is 10.8. The number of carbonyl (C=O) groups is 2. The van der Waals surface area contributed by atoms with Gasteiger partial charge in [-0.3, -0.25) is 4.79 Å². The standard InChI is InChI=1S/C16H12Cl2O5/c1-8(19)23-15-10(6-11(17)7-13(15)18)4-9-2-3-12(16(21)22)14(20)5-9/h2-3,5-7,20H,4H2,1H3,(H,21,22). The summed E-state index contributed by atoms with van der Waals surface area (Å²) in [7, 11) is 0. The number of carboxylic acid groups (broad SMARTS) is 1. The number of carboxylic acids is 1. The van der Waals surface area contributed by atoms with Crippen molar-refractivity contribution in [3.63, 3.8) is 0 Å². The van der Waals surface area contributed by atoms with Gasteiger partial charge in [0.15, 0.2) is 5.75 Å². The molecule has 120 valence electrons. The molecule has 0 heterocycles. The summed E-state index contributed by atoms with van der Waals surface area (Å²) in [6, 6.07) is 7.22. The highest BCUT2D eigenvalue weighted by Gasteiger charge is 2.15. The van der Waals surface area contributed by atoms with Gasteiger partial charge in [0.05, 0.1) is 5.02 Å². The molecule has 0 aliphatic carbocycles. The molecule has 0 unspecified atom stereocenters. The topological polar surface area (TPSA) is 83.8 Å². The molecule has 2 N–H and O–H groups in total. The van der Waals surface area contributed by atoms with Crippen LogP contribution in [0.3, 0.4) is 0 Å². The van der Waals surface area contributed by atoms with Crippen molar-refractivity contribution in [2.45, 2.75) is 13.3 Å². The van der Waals surface area contributed by atoms with Crippen molar-refractivity contribution in [3.8, 4) is 11.5 Å². The molecule has 0 saturated carbocycles. The van der Waals surface area contributed by atoms with E-state index in [0.717, 1.165) is 0 Å². The van der Waals surface area contributed by atoms with Gasteiger partial charge >= 0.3 is 11.9 Å². The van der Waals surface area contributed by atoms with Crippen LogP contribution in [-0.4, -0.2) is 22.2 Å². The van der Waals surface area contributed by atoms with Crippen LogP contribution in [-0.2, 0) is 11.2 Å². The van der Waals surface area contributed by atoms with Crippen molar-refractivity contribution < 1.29 is 24.5 Å². The number of halogens is 2. The molecule has 7 heteroatoms. The molecule has 0 aliphatic heterocycles. The Bertz CT molecular complexity index is 786. The smallest absolute Gasteiger partial charge is 0.339 e. The highest BCUT2D eigenvalue weighted by molar-refractivity contribution is 6.35. The van der Waals surface area contributed by atoms with Crippen LogP contribution in [0.1, 0.15) is 28.4 Å². The molecule has 0 atom stereocenters. The molecule has 0 aliphatic rings. The zero-order valence-electron chi connectivity index (χ0n) is 12.0. The van der Waals surface area contributed by atoms with Gasteiger partial charge in [-0.15, -0.1) is 0 Å². The van der Waals surface area contributed by atoms with Crippen molar-refractivity contribution in [3.05, 3.63) is 57.1 Å². The van der Waals surface area contributed by atoms with Crippen molar-refractivity contribution in [2.24, 2.45) is 0 Å². The summed E-state index contributed by atoms with van der Waals surface area (Å²) < 4.78 is 5.11. The Morgan fingerprint density at radius 3 is 2.43 bits per heavy atom. The van der Waals surface area contributed by atoms with Crippen molar-refractivity contribution in [1.82, 2.24) is 0 Å². The molecule has 0 saturated heterocycles. The van der Waals surface area contributed by atoms with E-state index in [0.29, 0.717) is 16.1 Å². The lowest BCUT2D eigenvalue weighted by atomic mass is 10.0. The number of ether oxygens (including phenoxy) is 1. The molecule has 0 bridgehead atoms. The number of phenols is 1. The van der Waals surface area contributed by atoms with Gasteiger partial charge in [-0.05, 0) is 29.8 Å². The van der Waals surface area contributed by atoms with E-state index in [2.05, 4.69) is 0 Å². The van der Waals surface area contributed by atoms with Gasteiger partial charge in [0, 0.05) is 23.9 Å². The Morgan fingerprint density at radius 2 is 1.87 bits per heavy atom. The Hall–Kier alpha value is -2.24. The van der Waals surface area contributed by atoms with E-state index >= 15 is 0 Å². The molecule has 2 aromatic rings. The van der Waals surface area contributed by atoms with Crippen molar-refractivity contribution in [1.29, 1.82) is 0 Å². The van der Waals surface area contributed by atoms with Gasteiger partial charge in [0.25, 0.3) is 0 Å². The average molecular weight is 355 g/mol. The summed E-state index contributed by atoms with van der Waals surface area (Å²) in [5, 5.41) is 19.2. The predicted octanol–water partition coefficient (Wildman–Crippen LogP) is 3.91. The third kappa shape index (κ3) is 4.15. The van der Waals surface area contributed by atoms with Gasteiger partial charge in [-0.2, -0.15) is 0 Å². The van der Waals surface area contributed by atoms with Crippen LogP contribution >= 0.6 is 23.2 Å². The van der Waals surface area contributed by atoms with E-state index < -0.39 is 11.9 Å². The number of hydrogen-bond donors (Lipinski definition) is 2. The molecule has 0 fully saturated rings. The molecule has 0 amide bonds. The lowest BCUT2D eigenvalue weighted by molar-refractivity contribution is -0.131. The van der Waals surface area contributed by atoms with Crippen LogP contribution < -0.4 is 4.74 Å². The number of carbonyl (C=O) groups excluding carboxylic acids is 1. The Balaban J connectivity index is 2.41. The second kappa shape index (κ2) is 6.89. The number of esters is 1. The molecular weight excluding hydrogens is 343 g/mol. The summed E-state index contributed by atoms with van der Waals surface area (Å²) in [5.41, 5.74) is 0.956. The minimum absolute atomic E-state index is 0.186. The van der Waals surface area contributed by atoms with Crippen LogP contribution in [0.5, 0.6) is 11.5 Å². The van der Waals surface area contributed by atoms with E-state index in [9.17, 15) is 14.7 Å². The highest BCUT2D eigenvalue weighted by Crippen LogP contribution is 2.34. The Morgan fingerprint density at radius 1 is 1.17 bits per heavy atom. The molecule has 23 heavy (non-hydrogen) atoms. The lowest BCUT2D eigenvalue weighted by Gasteiger charge is -2.12. The van der Waals surface area contributed by atoms with E-state index in [4.69, 9.17) is 33.0 Å². The first-order valence-electron chi connectivity index (χ1n) is 6.49. The van der Waals surface area contributed by atoms with Crippen LogP contribution in [0.25, 0.3) is 0 Å². The normalized spacial score (nSPS) is 10.4. The van der Waals surface area contributed by atoms with Crippen LogP contribution in [0, 0.1) is 0 Å². The average Bonchev–Trinajstić information content (AvgIpc) is 2.42.